The van der Waals surface area contributed by atoms with Crippen LogP contribution in [0.2, 0.25) is 0 Å². The molecule has 0 fully saturated rings. The number of halogens is 1. The van der Waals surface area contributed by atoms with Crippen molar-refractivity contribution in [3.63, 3.8) is 0 Å². The Kier molecular flexibility index (Phi) is 6.94. The average molecular weight is 356 g/mol. The molecule has 114 valence electrons. The molecule has 0 radical (unpaired) electrons. The lowest BCUT2D eigenvalue weighted by Crippen LogP contribution is -2.36. The number of nitrogens with one attached hydrogen (secondary N) is 1. The number of carbonyl (C=O) groups excluding carboxylic acids is 2. The van der Waals surface area contributed by atoms with E-state index in [1.807, 2.05) is 19.1 Å². The summed E-state index contributed by atoms with van der Waals surface area (Å²) in [5, 5.41) is 2.54. The fourth-order valence-electron chi connectivity index (χ4n) is 1.46. The van der Waals surface area contributed by atoms with Crippen LogP contribution in [-0.4, -0.2) is 31.1 Å². The summed E-state index contributed by atoms with van der Waals surface area (Å²) in [4.78, 5) is 23.1. The minimum Gasteiger partial charge on any atom is -0.481 e. The number of hydrogen-bond donors (Lipinski definition) is 1. The minimum absolute atomic E-state index is 0.263. The molecule has 0 aromatic heterocycles. The Labute approximate surface area is 132 Å². The van der Waals surface area contributed by atoms with Gasteiger partial charge in [0.25, 0.3) is 5.91 Å². The molecule has 0 aliphatic carbocycles. The number of carbonyl (C=O) groups is 2. The summed E-state index contributed by atoms with van der Waals surface area (Å²) in [7, 11) is 0. The molecule has 0 saturated heterocycles. The van der Waals surface area contributed by atoms with Crippen molar-refractivity contribution in [1.82, 2.24) is 5.32 Å². The van der Waals surface area contributed by atoms with Crippen molar-refractivity contribution < 1.29 is 19.1 Å². The summed E-state index contributed by atoms with van der Waals surface area (Å²) in [6, 6.07) is 5.51. The number of amides is 1. The van der Waals surface area contributed by atoms with Crippen molar-refractivity contribution in [3.8, 4) is 5.75 Å². The maximum Gasteiger partial charge on any atom is 0.344 e. The van der Waals surface area contributed by atoms with Gasteiger partial charge in [0.05, 0.1) is 4.47 Å². The summed E-state index contributed by atoms with van der Waals surface area (Å²) in [6.45, 7) is 7.00. The van der Waals surface area contributed by atoms with Crippen molar-refractivity contribution in [2.75, 3.05) is 13.2 Å². The minimum atomic E-state index is -0.873. The summed E-state index contributed by atoms with van der Waals surface area (Å²) >= 11 is 3.35. The molecule has 0 aliphatic heterocycles. The Balaban J connectivity index is 2.43. The molecule has 1 atom stereocenters. The quantitative estimate of drug-likeness (QED) is 0.602. The van der Waals surface area contributed by atoms with Gasteiger partial charge in [0.15, 0.2) is 12.7 Å². The second-order valence-corrected chi connectivity index (χ2v) is 5.24. The molecule has 1 amide bonds. The molecule has 0 spiro atoms. The zero-order valence-corrected chi connectivity index (χ0v) is 13.6. The van der Waals surface area contributed by atoms with Gasteiger partial charge in [-0.1, -0.05) is 12.1 Å². The number of esters is 1. The van der Waals surface area contributed by atoms with Crippen LogP contribution in [0, 0.1) is 6.92 Å². The van der Waals surface area contributed by atoms with Gasteiger partial charge in [-0.3, -0.25) is 4.79 Å². The maximum atomic E-state index is 11.6. The van der Waals surface area contributed by atoms with Gasteiger partial charge in [0.1, 0.15) is 5.75 Å². The van der Waals surface area contributed by atoms with Gasteiger partial charge in [0.2, 0.25) is 0 Å². The van der Waals surface area contributed by atoms with E-state index in [1.165, 1.54) is 6.92 Å². The van der Waals surface area contributed by atoms with Gasteiger partial charge in [-0.25, -0.2) is 4.79 Å². The molecule has 0 unspecified atom stereocenters. The van der Waals surface area contributed by atoms with Gasteiger partial charge in [0, 0.05) is 6.54 Å². The molecule has 0 bridgehead atoms. The summed E-state index contributed by atoms with van der Waals surface area (Å²) < 4.78 is 11.1. The molecule has 1 N–H and O–H groups in total. The number of hydrogen-bond acceptors (Lipinski definition) is 4. The highest BCUT2D eigenvalue weighted by atomic mass is 79.9. The van der Waals surface area contributed by atoms with E-state index < -0.39 is 12.1 Å². The average Bonchev–Trinajstić information content (AvgIpc) is 2.43. The summed E-state index contributed by atoms with van der Waals surface area (Å²) in [5.41, 5.74) is 1.07. The predicted molar refractivity (Wildman–Crippen MR) is 83.1 cm³/mol. The van der Waals surface area contributed by atoms with E-state index in [2.05, 4.69) is 27.8 Å². The van der Waals surface area contributed by atoms with E-state index in [9.17, 15) is 9.59 Å². The van der Waals surface area contributed by atoms with Crippen LogP contribution in [0.15, 0.2) is 35.3 Å². The van der Waals surface area contributed by atoms with Gasteiger partial charge in [-0.2, -0.15) is 0 Å². The first-order chi connectivity index (χ1) is 9.93. The number of benzene rings is 1. The van der Waals surface area contributed by atoms with Crippen molar-refractivity contribution in [2.45, 2.75) is 20.0 Å². The van der Waals surface area contributed by atoms with Crippen molar-refractivity contribution in [3.05, 3.63) is 40.9 Å². The van der Waals surface area contributed by atoms with Gasteiger partial charge in [-0.05, 0) is 47.5 Å². The number of aryl methyl sites for hydroxylation is 1. The largest absolute Gasteiger partial charge is 0.481 e. The van der Waals surface area contributed by atoms with Crippen molar-refractivity contribution in [1.29, 1.82) is 0 Å². The van der Waals surface area contributed by atoms with E-state index >= 15 is 0 Å². The molecule has 1 rings (SSSR count). The van der Waals surface area contributed by atoms with Crippen LogP contribution in [0.1, 0.15) is 12.5 Å². The molecule has 0 aliphatic rings. The van der Waals surface area contributed by atoms with Crippen LogP contribution in [0.4, 0.5) is 0 Å². The highest BCUT2D eigenvalue weighted by Gasteiger charge is 2.17. The Morgan fingerprint density at radius 2 is 2.19 bits per heavy atom. The predicted octanol–water partition coefficient (Wildman–Crippen LogP) is 2.37. The molecule has 0 heterocycles. The van der Waals surface area contributed by atoms with E-state index in [0.717, 1.165) is 10.0 Å². The monoisotopic (exact) mass is 355 g/mol. The van der Waals surface area contributed by atoms with Crippen LogP contribution in [0.25, 0.3) is 0 Å². The Morgan fingerprint density at radius 1 is 1.48 bits per heavy atom. The molecule has 21 heavy (non-hydrogen) atoms. The Morgan fingerprint density at radius 3 is 2.81 bits per heavy atom. The molecule has 6 heteroatoms. The zero-order chi connectivity index (χ0) is 15.8. The van der Waals surface area contributed by atoms with Gasteiger partial charge in [-0.15, -0.1) is 6.58 Å². The maximum absolute atomic E-state index is 11.6. The standard InChI is InChI=1S/C15H18BrNO4/c1-4-7-17-15(19)11(3)21-14(18)9-20-13-6-5-10(2)8-12(13)16/h4-6,8,11H,1,7,9H2,2-3H3,(H,17,19)/t11-/m0/s1. The molecule has 1 aromatic carbocycles. The van der Waals surface area contributed by atoms with Crippen LogP contribution < -0.4 is 10.1 Å². The SMILES string of the molecule is C=CCNC(=O)[C@H](C)OC(=O)COc1ccc(C)cc1Br. The lowest BCUT2D eigenvalue weighted by Gasteiger charge is -2.13. The molecular weight excluding hydrogens is 338 g/mol. The van der Waals surface area contributed by atoms with E-state index in [0.29, 0.717) is 12.3 Å². The van der Waals surface area contributed by atoms with E-state index in [-0.39, 0.29) is 12.5 Å². The van der Waals surface area contributed by atoms with Crippen molar-refractivity contribution in [2.24, 2.45) is 0 Å². The molecule has 5 nitrogen and oxygen atoms in total. The zero-order valence-electron chi connectivity index (χ0n) is 12.0. The molecule has 1 aromatic rings. The van der Waals surface area contributed by atoms with Gasteiger partial charge >= 0.3 is 5.97 Å². The third-order valence-electron chi connectivity index (χ3n) is 2.53. The second kappa shape index (κ2) is 8.46. The van der Waals surface area contributed by atoms with Crippen molar-refractivity contribution >= 4 is 27.8 Å². The first-order valence-electron chi connectivity index (χ1n) is 6.41. The third-order valence-corrected chi connectivity index (χ3v) is 3.15. The first kappa shape index (κ1) is 17.2. The lowest BCUT2D eigenvalue weighted by molar-refractivity contribution is -0.156. The topological polar surface area (TPSA) is 64.6 Å². The highest BCUT2D eigenvalue weighted by Crippen LogP contribution is 2.25. The normalized spacial score (nSPS) is 11.4. The number of ether oxygens (including phenoxy) is 2. The van der Waals surface area contributed by atoms with E-state index in [1.54, 1.807) is 12.1 Å². The summed E-state index contributed by atoms with van der Waals surface area (Å²) in [5.74, 6) is -0.440. The number of rotatable bonds is 7. The summed E-state index contributed by atoms with van der Waals surface area (Å²) in [6.07, 6.45) is 0.673. The molecular formula is C15H18BrNO4. The fourth-order valence-corrected chi connectivity index (χ4v) is 2.07. The Bertz CT molecular complexity index is 530. The lowest BCUT2D eigenvalue weighted by atomic mass is 10.2. The molecule has 0 saturated carbocycles. The van der Waals surface area contributed by atoms with Crippen LogP contribution in [0.3, 0.4) is 0 Å². The van der Waals surface area contributed by atoms with Crippen LogP contribution in [-0.2, 0) is 14.3 Å². The van der Waals surface area contributed by atoms with Gasteiger partial charge < -0.3 is 14.8 Å². The highest BCUT2D eigenvalue weighted by molar-refractivity contribution is 9.10. The third kappa shape index (κ3) is 5.99. The first-order valence-corrected chi connectivity index (χ1v) is 7.20. The van der Waals surface area contributed by atoms with Crippen LogP contribution >= 0.6 is 15.9 Å². The smallest absolute Gasteiger partial charge is 0.344 e. The Hall–Kier alpha value is -1.82. The fraction of sp³-hybridized carbons (Fsp3) is 0.333. The van der Waals surface area contributed by atoms with E-state index in [4.69, 9.17) is 9.47 Å². The van der Waals surface area contributed by atoms with Crippen LogP contribution in [0.5, 0.6) is 5.75 Å². The second-order valence-electron chi connectivity index (χ2n) is 4.39.